The van der Waals surface area contributed by atoms with Crippen LogP contribution >= 0.6 is 11.8 Å². The van der Waals surface area contributed by atoms with Crippen LogP contribution in [0, 0.1) is 12.8 Å². The predicted octanol–water partition coefficient (Wildman–Crippen LogP) is 1.39. The van der Waals surface area contributed by atoms with Crippen molar-refractivity contribution in [3.63, 3.8) is 0 Å². The minimum atomic E-state index is -0.317. The number of nitrogens with two attached hydrogens (primary N) is 2. The molecule has 5 nitrogen and oxygen atoms in total. The predicted molar refractivity (Wildman–Crippen MR) is 84.8 cm³/mol. The minimum absolute atomic E-state index is 0.0341. The lowest BCUT2D eigenvalue weighted by atomic mass is 9.97. The summed E-state index contributed by atoms with van der Waals surface area (Å²) in [5.41, 5.74) is 13.1. The Morgan fingerprint density at radius 1 is 1.43 bits per heavy atom. The standard InChI is InChI=1S/C15H21N3O2S/c1-10-4-2-6-12(14(10)16)21-9-13(19)18-7-3-5-11(8-18)15(17)20/h2,4,6,11H,3,5,7-9,16H2,1H3,(H2,17,20). The number of piperidine rings is 1. The Kier molecular flexibility index (Phi) is 5.12. The molecule has 1 aromatic carbocycles. The molecule has 21 heavy (non-hydrogen) atoms. The molecule has 6 heteroatoms. The molecule has 1 aliphatic heterocycles. The third-order valence-corrected chi connectivity index (χ3v) is 4.87. The normalized spacial score (nSPS) is 18.5. The van der Waals surface area contributed by atoms with Gasteiger partial charge in [-0.2, -0.15) is 0 Å². The van der Waals surface area contributed by atoms with E-state index in [9.17, 15) is 9.59 Å². The number of hydrogen-bond donors (Lipinski definition) is 2. The highest BCUT2D eigenvalue weighted by Crippen LogP contribution is 2.28. The molecule has 0 aliphatic carbocycles. The molecule has 1 fully saturated rings. The molecule has 2 amide bonds. The number of para-hydroxylation sites is 1. The van der Waals surface area contributed by atoms with E-state index in [2.05, 4.69) is 0 Å². The van der Waals surface area contributed by atoms with E-state index in [-0.39, 0.29) is 17.7 Å². The number of aryl methyl sites for hydroxylation is 1. The number of carbonyl (C=O) groups excluding carboxylic acids is 2. The molecular formula is C15H21N3O2S. The van der Waals surface area contributed by atoms with Crippen LogP contribution in [0.2, 0.25) is 0 Å². The lowest BCUT2D eigenvalue weighted by Crippen LogP contribution is -2.44. The molecule has 1 heterocycles. The third kappa shape index (κ3) is 3.91. The molecule has 1 atom stereocenters. The summed E-state index contributed by atoms with van der Waals surface area (Å²) in [5, 5.41) is 0. The second-order valence-electron chi connectivity index (χ2n) is 5.36. The maximum atomic E-state index is 12.2. The first kappa shape index (κ1) is 15.7. The van der Waals surface area contributed by atoms with Crippen molar-refractivity contribution in [3.8, 4) is 0 Å². The molecule has 0 radical (unpaired) electrons. The first-order valence-corrected chi connectivity index (χ1v) is 8.02. The van der Waals surface area contributed by atoms with E-state index in [0.717, 1.165) is 29.0 Å². The third-order valence-electron chi connectivity index (χ3n) is 3.81. The molecule has 0 spiro atoms. The van der Waals surface area contributed by atoms with Crippen molar-refractivity contribution in [1.29, 1.82) is 0 Å². The summed E-state index contributed by atoms with van der Waals surface area (Å²) in [7, 11) is 0. The molecule has 114 valence electrons. The highest BCUT2D eigenvalue weighted by molar-refractivity contribution is 8.00. The maximum absolute atomic E-state index is 12.2. The SMILES string of the molecule is Cc1cccc(SCC(=O)N2CCCC(C(N)=O)C2)c1N. The van der Waals surface area contributed by atoms with Gasteiger partial charge in [0.1, 0.15) is 0 Å². The molecule has 1 aromatic rings. The summed E-state index contributed by atoms with van der Waals surface area (Å²) in [5.74, 6) is -0.161. The summed E-state index contributed by atoms with van der Waals surface area (Å²) < 4.78 is 0. The maximum Gasteiger partial charge on any atom is 0.232 e. The highest BCUT2D eigenvalue weighted by atomic mass is 32.2. The Bertz CT molecular complexity index is 548. The Balaban J connectivity index is 1.92. The van der Waals surface area contributed by atoms with Crippen molar-refractivity contribution in [2.24, 2.45) is 11.7 Å². The largest absolute Gasteiger partial charge is 0.398 e. The van der Waals surface area contributed by atoms with Gasteiger partial charge in [-0.15, -0.1) is 11.8 Å². The van der Waals surface area contributed by atoms with Crippen LogP contribution in [0.3, 0.4) is 0 Å². The summed E-state index contributed by atoms with van der Waals surface area (Å²) >= 11 is 1.44. The van der Waals surface area contributed by atoms with Crippen LogP contribution < -0.4 is 11.5 Å². The van der Waals surface area contributed by atoms with Crippen LogP contribution in [0.1, 0.15) is 18.4 Å². The van der Waals surface area contributed by atoms with Gasteiger partial charge in [0.25, 0.3) is 0 Å². The number of nitrogen functional groups attached to an aromatic ring is 1. The van der Waals surface area contributed by atoms with Crippen molar-refractivity contribution in [2.45, 2.75) is 24.7 Å². The summed E-state index contributed by atoms with van der Waals surface area (Å²) in [6, 6.07) is 5.80. The Morgan fingerprint density at radius 2 is 2.19 bits per heavy atom. The average molecular weight is 307 g/mol. The molecule has 0 bridgehead atoms. The van der Waals surface area contributed by atoms with Gasteiger partial charge < -0.3 is 16.4 Å². The van der Waals surface area contributed by atoms with Crippen molar-refractivity contribution in [1.82, 2.24) is 4.90 Å². The van der Waals surface area contributed by atoms with Gasteiger partial charge in [0.15, 0.2) is 0 Å². The molecule has 0 saturated carbocycles. The number of nitrogens with zero attached hydrogens (tertiary/aromatic N) is 1. The van der Waals surface area contributed by atoms with E-state index >= 15 is 0 Å². The fourth-order valence-electron chi connectivity index (χ4n) is 2.45. The number of benzene rings is 1. The minimum Gasteiger partial charge on any atom is -0.398 e. The zero-order chi connectivity index (χ0) is 15.4. The number of thioether (sulfide) groups is 1. The molecule has 1 unspecified atom stereocenters. The molecule has 0 aromatic heterocycles. The zero-order valence-corrected chi connectivity index (χ0v) is 13.0. The molecule has 4 N–H and O–H groups in total. The number of hydrogen-bond acceptors (Lipinski definition) is 4. The van der Waals surface area contributed by atoms with Crippen LogP contribution in [0.4, 0.5) is 5.69 Å². The smallest absolute Gasteiger partial charge is 0.232 e. The average Bonchev–Trinajstić information content (AvgIpc) is 2.48. The second-order valence-corrected chi connectivity index (χ2v) is 6.37. The number of rotatable bonds is 4. The van der Waals surface area contributed by atoms with Gasteiger partial charge in [0.05, 0.1) is 11.7 Å². The number of likely N-dealkylation sites (tertiary alicyclic amines) is 1. The van der Waals surface area contributed by atoms with Crippen LogP contribution in [-0.2, 0) is 9.59 Å². The van der Waals surface area contributed by atoms with Gasteiger partial charge in [-0.25, -0.2) is 0 Å². The van der Waals surface area contributed by atoms with E-state index in [0.29, 0.717) is 18.8 Å². The van der Waals surface area contributed by atoms with E-state index in [1.165, 1.54) is 11.8 Å². The molecule has 1 aliphatic rings. The van der Waals surface area contributed by atoms with E-state index in [1.807, 2.05) is 25.1 Å². The van der Waals surface area contributed by atoms with E-state index < -0.39 is 0 Å². The highest BCUT2D eigenvalue weighted by Gasteiger charge is 2.26. The van der Waals surface area contributed by atoms with Gasteiger partial charge >= 0.3 is 0 Å². The van der Waals surface area contributed by atoms with E-state index in [1.54, 1.807) is 4.90 Å². The van der Waals surface area contributed by atoms with Gasteiger partial charge in [0.2, 0.25) is 11.8 Å². The van der Waals surface area contributed by atoms with Gasteiger partial charge in [-0.05, 0) is 31.4 Å². The van der Waals surface area contributed by atoms with Crippen molar-refractivity contribution in [3.05, 3.63) is 23.8 Å². The lowest BCUT2D eigenvalue weighted by Gasteiger charge is -2.31. The van der Waals surface area contributed by atoms with Crippen molar-refractivity contribution in [2.75, 3.05) is 24.6 Å². The van der Waals surface area contributed by atoms with Gasteiger partial charge in [0, 0.05) is 23.7 Å². The topological polar surface area (TPSA) is 89.4 Å². The van der Waals surface area contributed by atoms with Crippen LogP contribution in [0.5, 0.6) is 0 Å². The fourth-order valence-corrected chi connectivity index (χ4v) is 3.40. The fraction of sp³-hybridized carbons (Fsp3) is 0.467. The Hall–Kier alpha value is -1.69. The van der Waals surface area contributed by atoms with Crippen LogP contribution in [-0.4, -0.2) is 35.6 Å². The number of amides is 2. The van der Waals surface area contributed by atoms with Crippen molar-refractivity contribution >= 4 is 29.3 Å². The zero-order valence-electron chi connectivity index (χ0n) is 12.2. The van der Waals surface area contributed by atoms with Crippen molar-refractivity contribution < 1.29 is 9.59 Å². The van der Waals surface area contributed by atoms with Crippen LogP contribution in [0.15, 0.2) is 23.1 Å². The first-order chi connectivity index (χ1) is 9.99. The monoisotopic (exact) mass is 307 g/mol. The second kappa shape index (κ2) is 6.85. The Morgan fingerprint density at radius 3 is 2.90 bits per heavy atom. The summed E-state index contributed by atoms with van der Waals surface area (Å²) in [6.07, 6.45) is 1.60. The summed E-state index contributed by atoms with van der Waals surface area (Å²) in [6.45, 7) is 3.09. The molecular weight excluding hydrogens is 286 g/mol. The lowest BCUT2D eigenvalue weighted by molar-refractivity contribution is -0.132. The van der Waals surface area contributed by atoms with E-state index in [4.69, 9.17) is 11.5 Å². The number of carbonyl (C=O) groups is 2. The molecule has 1 saturated heterocycles. The van der Waals surface area contributed by atoms with Gasteiger partial charge in [-0.1, -0.05) is 12.1 Å². The molecule has 2 rings (SSSR count). The number of anilines is 1. The Labute approximate surface area is 129 Å². The quantitative estimate of drug-likeness (QED) is 0.650. The number of primary amides is 1. The van der Waals surface area contributed by atoms with Gasteiger partial charge in [-0.3, -0.25) is 9.59 Å². The summed E-state index contributed by atoms with van der Waals surface area (Å²) in [4.78, 5) is 26.2. The first-order valence-electron chi connectivity index (χ1n) is 7.04. The van der Waals surface area contributed by atoms with Crippen LogP contribution in [0.25, 0.3) is 0 Å².